The molecule has 0 atom stereocenters. The van der Waals surface area contributed by atoms with E-state index in [1.165, 1.54) is 0 Å². The molecule has 1 aliphatic rings. The summed E-state index contributed by atoms with van der Waals surface area (Å²) < 4.78 is 1.95. The number of anilines is 1. The van der Waals surface area contributed by atoms with Crippen molar-refractivity contribution >= 4 is 5.82 Å². The maximum atomic E-state index is 5.53. The third-order valence-corrected chi connectivity index (χ3v) is 3.27. The first-order valence-corrected chi connectivity index (χ1v) is 6.41. The first-order chi connectivity index (χ1) is 8.35. The van der Waals surface area contributed by atoms with Gasteiger partial charge in [0.25, 0.3) is 0 Å². The predicted molar refractivity (Wildman–Crippen MR) is 68.0 cm³/mol. The smallest absolute Gasteiger partial charge is 0.147 e. The lowest BCUT2D eigenvalue weighted by atomic mass is 10.3. The summed E-state index contributed by atoms with van der Waals surface area (Å²) in [4.78, 5) is 4.84. The van der Waals surface area contributed by atoms with Gasteiger partial charge in [-0.3, -0.25) is 4.90 Å². The molecule has 0 spiro atoms. The molecule has 2 rings (SSSR count). The third-order valence-electron chi connectivity index (χ3n) is 3.27. The van der Waals surface area contributed by atoms with Crippen molar-refractivity contribution in [1.29, 1.82) is 0 Å². The van der Waals surface area contributed by atoms with Crippen LogP contribution in [0.2, 0.25) is 0 Å². The number of nitrogens with zero attached hydrogens (tertiary/aromatic N) is 5. The topological polar surface area (TPSA) is 63.2 Å². The molecule has 2 heterocycles. The van der Waals surface area contributed by atoms with E-state index in [2.05, 4.69) is 27.0 Å². The summed E-state index contributed by atoms with van der Waals surface area (Å²) in [5.41, 5.74) is 5.53. The molecule has 1 aromatic heterocycles. The Morgan fingerprint density at radius 1 is 1.29 bits per heavy atom. The van der Waals surface area contributed by atoms with Gasteiger partial charge in [0.15, 0.2) is 0 Å². The lowest BCUT2D eigenvalue weighted by Gasteiger charge is -2.35. The Morgan fingerprint density at radius 3 is 2.71 bits per heavy atom. The van der Waals surface area contributed by atoms with E-state index in [1.54, 1.807) is 0 Å². The average molecular weight is 238 g/mol. The molecule has 0 bridgehead atoms. The fourth-order valence-electron chi connectivity index (χ4n) is 2.24. The Hall–Kier alpha value is -1.14. The number of piperazine rings is 1. The van der Waals surface area contributed by atoms with Crippen LogP contribution < -0.4 is 10.6 Å². The van der Waals surface area contributed by atoms with Gasteiger partial charge in [0.05, 0.1) is 6.20 Å². The molecule has 96 valence electrons. The van der Waals surface area contributed by atoms with Crippen LogP contribution in [0.3, 0.4) is 0 Å². The molecule has 1 aliphatic heterocycles. The Labute approximate surface area is 102 Å². The molecule has 0 amide bonds. The standard InChI is InChI=1S/C11H22N6/c1-2-17-11(10-13-14-17)16-8-6-15(7-9-16)5-3-4-12/h10H,2-9,12H2,1H3. The van der Waals surface area contributed by atoms with Crippen LogP contribution in [0, 0.1) is 0 Å². The minimum Gasteiger partial charge on any atom is -0.353 e. The highest BCUT2D eigenvalue weighted by Crippen LogP contribution is 2.14. The molecule has 0 aromatic carbocycles. The largest absolute Gasteiger partial charge is 0.353 e. The van der Waals surface area contributed by atoms with Gasteiger partial charge in [-0.2, -0.15) is 0 Å². The first-order valence-electron chi connectivity index (χ1n) is 6.41. The Kier molecular flexibility index (Phi) is 4.33. The van der Waals surface area contributed by atoms with E-state index in [0.717, 1.165) is 58.1 Å². The molecule has 0 unspecified atom stereocenters. The summed E-state index contributed by atoms with van der Waals surface area (Å²) in [6, 6.07) is 0. The van der Waals surface area contributed by atoms with Gasteiger partial charge in [-0.05, 0) is 26.4 Å². The van der Waals surface area contributed by atoms with E-state index in [9.17, 15) is 0 Å². The second-order valence-corrected chi connectivity index (χ2v) is 4.38. The van der Waals surface area contributed by atoms with E-state index in [-0.39, 0.29) is 0 Å². The van der Waals surface area contributed by atoms with Gasteiger partial charge in [0.2, 0.25) is 0 Å². The first kappa shape index (κ1) is 12.3. The van der Waals surface area contributed by atoms with Gasteiger partial charge in [-0.15, -0.1) is 5.10 Å². The fraction of sp³-hybridized carbons (Fsp3) is 0.818. The van der Waals surface area contributed by atoms with Crippen molar-refractivity contribution in [3.05, 3.63) is 6.20 Å². The lowest BCUT2D eigenvalue weighted by molar-refractivity contribution is 0.255. The quantitative estimate of drug-likeness (QED) is 0.767. The van der Waals surface area contributed by atoms with Crippen LogP contribution in [0.15, 0.2) is 6.20 Å². The summed E-state index contributed by atoms with van der Waals surface area (Å²) in [6.45, 7) is 9.19. The van der Waals surface area contributed by atoms with Crippen molar-refractivity contribution in [2.24, 2.45) is 5.73 Å². The van der Waals surface area contributed by atoms with Crippen LogP contribution in [0.25, 0.3) is 0 Å². The zero-order chi connectivity index (χ0) is 12.1. The minimum absolute atomic E-state index is 0.784. The summed E-state index contributed by atoms with van der Waals surface area (Å²) in [6.07, 6.45) is 2.95. The molecule has 0 radical (unpaired) electrons. The molecule has 0 saturated carbocycles. The van der Waals surface area contributed by atoms with Gasteiger partial charge in [0, 0.05) is 32.7 Å². The number of hydrogen-bond donors (Lipinski definition) is 1. The van der Waals surface area contributed by atoms with Crippen molar-refractivity contribution in [2.45, 2.75) is 19.9 Å². The number of aromatic nitrogens is 3. The molecule has 2 N–H and O–H groups in total. The average Bonchev–Trinajstić information content (AvgIpc) is 2.85. The van der Waals surface area contributed by atoms with Gasteiger partial charge in [-0.1, -0.05) is 5.21 Å². The maximum absolute atomic E-state index is 5.53. The normalized spacial score (nSPS) is 17.6. The highest BCUT2D eigenvalue weighted by molar-refractivity contribution is 5.36. The van der Waals surface area contributed by atoms with Crippen LogP contribution in [0.5, 0.6) is 0 Å². The molecule has 6 nitrogen and oxygen atoms in total. The van der Waals surface area contributed by atoms with Crippen LogP contribution in [-0.4, -0.2) is 59.2 Å². The maximum Gasteiger partial charge on any atom is 0.147 e. The molecule has 1 aromatic rings. The van der Waals surface area contributed by atoms with E-state index >= 15 is 0 Å². The Morgan fingerprint density at radius 2 is 2.06 bits per heavy atom. The van der Waals surface area contributed by atoms with E-state index < -0.39 is 0 Å². The molecule has 0 aliphatic carbocycles. The Balaban J connectivity index is 1.86. The molecular weight excluding hydrogens is 216 g/mol. The second-order valence-electron chi connectivity index (χ2n) is 4.38. The van der Waals surface area contributed by atoms with Crippen LogP contribution in [-0.2, 0) is 6.54 Å². The van der Waals surface area contributed by atoms with E-state index in [4.69, 9.17) is 5.73 Å². The summed E-state index contributed by atoms with van der Waals surface area (Å²) in [7, 11) is 0. The van der Waals surface area contributed by atoms with Crippen LogP contribution in [0.4, 0.5) is 5.82 Å². The third kappa shape index (κ3) is 2.95. The van der Waals surface area contributed by atoms with Gasteiger partial charge in [-0.25, -0.2) is 4.68 Å². The highest BCUT2D eigenvalue weighted by atomic mass is 15.5. The summed E-state index contributed by atoms with van der Waals surface area (Å²) in [5, 5.41) is 8.05. The van der Waals surface area contributed by atoms with Crippen molar-refractivity contribution in [1.82, 2.24) is 19.9 Å². The van der Waals surface area contributed by atoms with Crippen LogP contribution >= 0.6 is 0 Å². The number of nitrogens with two attached hydrogens (primary N) is 1. The summed E-state index contributed by atoms with van der Waals surface area (Å²) in [5.74, 6) is 1.14. The SMILES string of the molecule is CCn1nncc1N1CCN(CCCN)CC1. The molecule has 1 saturated heterocycles. The lowest BCUT2D eigenvalue weighted by Crippen LogP contribution is -2.47. The van der Waals surface area contributed by atoms with Crippen molar-refractivity contribution in [3.63, 3.8) is 0 Å². The number of aryl methyl sites for hydroxylation is 1. The van der Waals surface area contributed by atoms with Crippen molar-refractivity contribution < 1.29 is 0 Å². The van der Waals surface area contributed by atoms with E-state index in [1.807, 2.05) is 10.9 Å². The molecule has 1 fully saturated rings. The summed E-state index contributed by atoms with van der Waals surface area (Å²) >= 11 is 0. The molecule has 17 heavy (non-hydrogen) atoms. The van der Waals surface area contributed by atoms with E-state index in [0.29, 0.717) is 0 Å². The van der Waals surface area contributed by atoms with Crippen molar-refractivity contribution in [3.8, 4) is 0 Å². The number of rotatable bonds is 5. The highest BCUT2D eigenvalue weighted by Gasteiger charge is 2.19. The number of hydrogen-bond acceptors (Lipinski definition) is 5. The van der Waals surface area contributed by atoms with Crippen LogP contribution in [0.1, 0.15) is 13.3 Å². The Bertz CT molecular complexity index is 328. The zero-order valence-corrected chi connectivity index (χ0v) is 10.5. The fourth-order valence-corrected chi connectivity index (χ4v) is 2.24. The molecule has 6 heteroatoms. The predicted octanol–water partition coefficient (Wildman–Crippen LogP) is -0.231. The monoisotopic (exact) mass is 238 g/mol. The zero-order valence-electron chi connectivity index (χ0n) is 10.5. The van der Waals surface area contributed by atoms with Gasteiger partial charge < -0.3 is 10.6 Å². The minimum atomic E-state index is 0.784. The van der Waals surface area contributed by atoms with Crippen molar-refractivity contribution in [2.75, 3.05) is 44.2 Å². The van der Waals surface area contributed by atoms with Gasteiger partial charge >= 0.3 is 0 Å². The van der Waals surface area contributed by atoms with Gasteiger partial charge in [0.1, 0.15) is 5.82 Å². The second kappa shape index (κ2) is 5.97. The molecular formula is C11H22N6.